The lowest BCUT2D eigenvalue weighted by atomic mass is 9.96. The number of rotatable bonds is 4. The fourth-order valence-corrected chi connectivity index (χ4v) is 4.14. The summed E-state index contributed by atoms with van der Waals surface area (Å²) in [5.74, 6) is 0.756. The highest BCUT2D eigenvalue weighted by Gasteiger charge is 2.23. The molecule has 1 aromatic heterocycles. The van der Waals surface area contributed by atoms with Crippen molar-refractivity contribution < 1.29 is 9.53 Å². The first-order valence-electron chi connectivity index (χ1n) is 10.5. The Bertz CT molecular complexity index is 1040. The molecule has 1 amide bonds. The average molecular weight is 389 g/mol. The van der Waals surface area contributed by atoms with Gasteiger partial charge in [-0.05, 0) is 74.9 Å². The van der Waals surface area contributed by atoms with Gasteiger partial charge in [0, 0.05) is 30.2 Å². The summed E-state index contributed by atoms with van der Waals surface area (Å²) in [7, 11) is 0. The predicted octanol–water partition coefficient (Wildman–Crippen LogP) is 5.30. The van der Waals surface area contributed by atoms with Gasteiger partial charge in [0.25, 0.3) is 5.91 Å². The molecule has 4 rings (SSSR count). The van der Waals surface area contributed by atoms with Gasteiger partial charge in [-0.1, -0.05) is 24.3 Å². The van der Waals surface area contributed by atoms with E-state index in [1.807, 2.05) is 30.9 Å². The Kier molecular flexibility index (Phi) is 5.52. The summed E-state index contributed by atoms with van der Waals surface area (Å²) >= 11 is 0. The zero-order valence-corrected chi connectivity index (χ0v) is 17.4. The maximum atomic E-state index is 12.7. The molecule has 0 spiro atoms. The zero-order chi connectivity index (χ0) is 20.4. The highest BCUT2D eigenvalue weighted by Crippen LogP contribution is 2.32. The van der Waals surface area contributed by atoms with Gasteiger partial charge in [0.2, 0.25) is 0 Å². The van der Waals surface area contributed by atoms with Gasteiger partial charge in [-0.25, -0.2) is 0 Å². The minimum atomic E-state index is -0.494. The molecule has 0 N–H and O–H groups in total. The van der Waals surface area contributed by atoms with Crippen LogP contribution in [0.15, 0.2) is 48.5 Å². The summed E-state index contributed by atoms with van der Waals surface area (Å²) in [4.78, 5) is 19.3. The minimum Gasteiger partial charge on any atom is -0.481 e. The van der Waals surface area contributed by atoms with Crippen LogP contribution in [0.2, 0.25) is 0 Å². The van der Waals surface area contributed by atoms with E-state index in [1.165, 1.54) is 23.1 Å². The van der Waals surface area contributed by atoms with Gasteiger partial charge in [0.1, 0.15) is 5.75 Å². The molecule has 1 atom stereocenters. The van der Waals surface area contributed by atoms with E-state index in [2.05, 4.69) is 43.3 Å². The molecule has 2 heterocycles. The Morgan fingerprint density at radius 1 is 1.00 bits per heavy atom. The van der Waals surface area contributed by atoms with Crippen LogP contribution >= 0.6 is 0 Å². The quantitative estimate of drug-likeness (QED) is 0.609. The van der Waals surface area contributed by atoms with Crippen LogP contribution in [0.1, 0.15) is 37.4 Å². The highest BCUT2D eigenvalue weighted by molar-refractivity contribution is 5.96. The Labute approximate surface area is 172 Å². The molecular formula is C25H28N2O2. The van der Waals surface area contributed by atoms with E-state index in [0.29, 0.717) is 5.75 Å². The lowest BCUT2D eigenvalue weighted by molar-refractivity contribution is -0.138. The van der Waals surface area contributed by atoms with E-state index in [1.54, 1.807) is 0 Å². The Balaban J connectivity index is 1.63. The van der Waals surface area contributed by atoms with Crippen molar-refractivity contribution in [3.63, 3.8) is 0 Å². The molecule has 0 aliphatic carbocycles. The third-order valence-electron chi connectivity index (χ3n) is 5.67. The van der Waals surface area contributed by atoms with E-state index >= 15 is 0 Å². The number of carbonyl (C=O) groups is 1. The number of nitrogens with zero attached hydrogens (tertiary/aromatic N) is 2. The molecular weight excluding hydrogens is 360 g/mol. The second-order valence-electron chi connectivity index (χ2n) is 7.95. The molecule has 0 radical (unpaired) electrons. The van der Waals surface area contributed by atoms with E-state index in [0.717, 1.165) is 42.5 Å². The summed E-state index contributed by atoms with van der Waals surface area (Å²) in [6, 6.07) is 16.5. The number of aryl methyl sites for hydroxylation is 2. The molecule has 1 saturated heterocycles. The van der Waals surface area contributed by atoms with Crippen molar-refractivity contribution in [3.8, 4) is 16.9 Å². The molecule has 1 fully saturated rings. The third-order valence-corrected chi connectivity index (χ3v) is 5.67. The van der Waals surface area contributed by atoms with Crippen molar-refractivity contribution in [2.75, 3.05) is 13.1 Å². The molecule has 4 heteroatoms. The summed E-state index contributed by atoms with van der Waals surface area (Å²) in [5.41, 5.74) is 5.48. The molecule has 2 aromatic carbocycles. The van der Waals surface area contributed by atoms with Gasteiger partial charge in [0.05, 0.1) is 5.52 Å². The van der Waals surface area contributed by atoms with Crippen LogP contribution < -0.4 is 4.74 Å². The molecule has 29 heavy (non-hydrogen) atoms. The number of hydrogen-bond donors (Lipinski definition) is 0. The summed E-state index contributed by atoms with van der Waals surface area (Å²) in [5, 5.41) is 1.09. The van der Waals surface area contributed by atoms with Crippen LogP contribution in [0.4, 0.5) is 0 Å². The number of piperidine rings is 1. The lowest BCUT2D eigenvalue weighted by Crippen LogP contribution is -2.43. The van der Waals surface area contributed by atoms with Gasteiger partial charge in [-0.2, -0.15) is 0 Å². The van der Waals surface area contributed by atoms with Gasteiger partial charge < -0.3 is 9.64 Å². The molecule has 0 saturated carbocycles. The number of amides is 1. The topological polar surface area (TPSA) is 42.4 Å². The van der Waals surface area contributed by atoms with Crippen molar-refractivity contribution in [2.45, 2.75) is 46.1 Å². The van der Waals surface area contributed by atoms with Gasteiger partial charge in [-0.3, -0.25) is 9.78 Å². The first-order valence-corrected chi connectivity index (χ1v) is 10.5. The van der Waals surface area contributed by atoms with Crippen LogP contribution in [-0.2, 0) is 4.79 Å². The van der Waals surface area contributed by atoms with E-state index < -0.39 is 6.10 Å². The molecule has 1 aliphatic rings. The van der Waals surface area contributed by atoms with Crippen LogP contribution in [0, 0.1) is 13.8 Å². The lowest BCUT2D eigenvalue weighted by Gasteiger charge is -2.29. The molecule has 1 aliphatic heterocycles. The van der Waals surface area contributed by atoms with Crippen LogP contribution in [0.3, 0.4) is 0 Å². The first kappa shape index (κ1) is 19.4. The minimum absolute atomic E-state index is 0.0718. The smallest absolute Gasteiger partial charge is 0.263 e. The van der Waals surface area contributed by atoms with Crippen molar-refractivity contribution in [1.29, 1.82) is 0 Å². The standard InChI is InChI=1S/C25H28N2O2/c1-17-9-5-6-10-21(17)23-15-18(2)26-24-16-20(11-12-22(23)24)29-19(3)25(28)27-13-7-4-8-14-27/h5-6,9-12,15-16,19H,4,7-8,13-14H2,1-3H3. The fourth-order valence-electron chi connectivity index (χ4n) is 4.14. The molecule has 3 aromatic rings. The predicted molar refractivity (Wildman–Crippen MR) is 117 cm³/mol. The Morgan fingerprint density at radius 2 is 1.76 bits per heavy atom. The Hall–Kier alpha value is -2.88. The summed E-state index contributed by atoms with van der Waals surface area (Å²) in [6.07, 6.45) is 2.88. The maximum absolute atomic E-state index is 12.7. The number of pyridine rings is 1. The third kappa shape index (κ3) is 4.12. The number of hydrogen-bond acceptors (Lipinski definition) is 3. The van der Waals surface area contributed by atoms with Gasteiger partial charge >= 0.3 is 0 Å². The molecule has 150 valence electrons. The van der Waals surface area contributed by atoms with Crippen LogP contribution in [0.5, 0.6) is 5.75 Å². The number of benzene rings is 2. The second-order valence-corrected chi connectivity index (χ2v) is 7.95. The maximum Gasteiger partial charge on any atom is 0.263 e. The van der Waals surface area contributed by atoms with Crippen molar-refractivity contribution in [3.05, 3.63) is 59.8 Å². The summed E-state index contributed by atoms with van der Waals surface area (Å²) < 4.78 is 6.02. The molecule has 4 nitrogen and oxygen atoms in total. The fraction of sp³-hybridized carbons (Fsp3) is 0.360. The highest BCUT2D eigenvalue weighted by atomic mass is 16.5. The van der Waals surface area contributed by atoms with E-state index in [-0.39, 0.29) is 5.91 Å². The Morgan fingerprint density at radius 3 is 2.52 bits per heavy atom. The number of likely N-dealkylation sites (tertiary alicyclic amines) is 1. The molecule has 1 unspecified atom stereocenters. The first-order chi connectivity index (χ1) is 14.0. The van der Waals surface area contributed by atoms with Crippen molar-refractivity contribution in [2.24, 2.45) is 0 Å². The van der Waals surface area contributed by atoms with Gasteiger partial charge in [-0.15, -0.1) is 0 Å². The number of fused-ring (bicyclic) bond motifs is 1. The summed E-state index contributed by atoms with van der Waals surface area (Å²) in [6.45, 7) is 7.65. The average Bonchev–Trinajstić information content (AvgIpc) is 2.73. The zero-order valence-electron chi connectivity index (χ0n) is 17.4. The largest absolute Gasteiger partial charge is 0.481 e. The number of aromatic nitrogens is 1. The van der Waals surface area contributed by atoms with Crippen LogP contribution in [0.25, 0.3) is 22.0 Å². The van der Waals surface area contributed by atoms with Crippen molar-refractivity contribution in [1.82, 2.24) is 9.88 Å². The number of carbonyl (C=O) groups excluding carboxylic acids is 1. The second kappa shape index (κ2) is 8.24. The monoisotopic (exact) mass is 388 g/mol. The number of ether oxygens (including phenoxy) is 1. The normalized spacial score (nSPS) is 15.3. The molecule has 0 bridgehead atoms. The van der Waals surface area contributed by atoms with Gasteiger partial charge in [0.15, 0.2) is 6.10 Å². The SMILES string of the molecule is Cc1cc(-c2ccccc2C)c2ccc(OC(C)C(=O)N3CCCCC3)cc2n1. The van der Waals surface area contributed by atoms with Crippen molar-refractivity contribution >= 4 is 16.8 Å². The van der Waals surface area contributed by atoms with Crippen LogP contribution in [-0.4, -0.2) is 35.0 Å². The van der Waals surface area contributed by atoms with E-state index in [9.17, 15) is 4.79 Å². The van der Waals surface area contributed by atoms with E-state index in [4.69, 9.17) is 9.72 Å².